The number of nitrogens with two attached hydrogens (primary N) is 1. The van der Waals surface area contributed by atoms with Crippen molar-refractivity contribution in [1.82, 2.24) is 4.98 Å². The first-order chi connectivity index (χ1) is 10.3. The van der Waals surface area contributed by atoms with Gasteiger partial charge in [0.1, 0.15) is 5.75 Å². The second kappa shape index (κ2) is 4.64. The molecule has 0 saturated heterocycles. The lowest BCUT2D eigenvalue weighted by Gasteiger charge is -2.21. The van der Waals surface area contributed by atoms with Crippen molar-refractivity contribution in [2.45, 2.75) is 18.9 Å². The van der Waals surface area contributed by atoms with Gasteiger partial charge in [-0.1, -0.05) is 30.3 Å². The Morgan fingerprint density at radius 2 is 2.00 bits per heavy atom. The van der Waals surface area contributed by atoms with E-state index in [9.17, 15) is 0 Å². The second-order valence-electron chi connectivity index (χ2n) is 5.63. The van der Waals surface area contributed by atoms with Crippen molar-refractivity contribution in [1.29, 1.82) is 0 Å². The molecular weight excluding hydrogens is 260 g/mol. The SMILES string of the molecule is COc1cc2c3c(c(-c4ccccc4)[nH]c3c1)CCC2N. The Balaban J connectivity index is 2.04. The van der Waals surface area contributed by atoms with Crippen molar-refractivity contribution in [2.75, 3.05) is 7.11 Å². The van der Waals surface area contributed by atoms with E-state index in [1.807, 2.05) is 6.07 Å². The van der Waals surface area contributed by atoms with Gasteiger partial charge in [-0.2, -0.15) is 0 Å². The van der Waals surface area contributed by atoms with Crippen LogP contribution in [0, 0.1) is 0 Å². The summed E-state index contributed by atoms with van der Waals surface area (Å²) in [7, 11) is 1.70. The van der Waals surface area contributed by atoms with E-state index in [1.54, 1.807) is 7.11 Å². The summed E-state index contributed by atoms with van der Waals surface area (Å²) in [6.07, 6.45) is 2.00. The Labute approximate surface area is 123 Å². The van der Waals surface area contributed by atoms with Crippen LogP contribution in [0.4, 0.5) is 0 Å². The van der Waals surface area contributed by atoms with Crippen molar-refractivity contribution in [3.8, 4) is 17.0 Å². The molecule has 1 heterocycles. The molecule has 1 unspecified atom stereocenters. The van der Waals surface area contributed by atoms with Gasteiger partial charge >= 0.3 is 0 Å². The van der Waals surface area contributed by atoms with Gasteiger partial charge < -0.3 is 15.5 Å². The maximum absolute atomic E-state index is 6.31. The van der Waals surface area contributed by atoms with Crippen LogP contribution in [-0.4, -0.2) is 12.1 Å². The van der Waals surface area contributed by atoms with Crippen LogP contribution in [0.3, 0.4) is 0 Å². The molecule has 0 fully saturated rings. The van der Waals surface area contributed by atoms with E-state index in [0.717, 1.165) is 24.1 Å². The van der Waals surface area contributed by atoms with E-state index < -0.39 is 0 Å². The van der Waals surface area contributed by atoms with Gasteiger partial charge in [0.25, 0.3) is 0 Å². The van der Waals surface area contributed by atoms with Gasteiger partial charge in [-0.25, -0.2) is 0 Å². The molecule has 3 nitrogen and oxygen atoms in total. The summed E-state index contributed by atoms with van der Waals surface area (Å²) in [5.74, 6) is 0.863. The van der Waals surface area contributed by atoms with E-state index in [-0.39, 0.29) is 6.04 Å². The summed E-state index contributed by atoms with van der Waals surface area (Å²) in [4.78, 5) is 3.57. The highest BCUT2D eigenvalue weighted by atomic mass is 16.5. The predicted octanol–water partition coefficient (Wildman–Crippen LogP) is 3.79. The van der Waals surface area contributed by atoms with Crippen molar-refractivity contribution in [3.05, 3.63) is 53.6 Å². The maximum atomic E-state index is 6.31. The minimum absolute atomic E-state index is 0.0922. The summed E-state index contributed by atoms with van der Waals surface area (Å²) < 4.78 is 5.42. The molecule has 1 aromatic heterocycles. The van der Waals surface area contributed by atoms with Crippen LogP contribution in [0.25, 0.3) is 22.2 Å². The highest BCUT2D eigenvalue weighted by Crippen LogP contribution is 2.41. The smallest absolute Gasteiger partial charge is 0.121 e. The molecule has 0 saturated carbocycles. The summed E-state index contributed by atoms with van der Waals surface area (Å²) in [6.45, 7) is 0. The quantitative estimate of drug-likeness (QED) is 0.749. The van der Waals surface area contributed by atoms with E-state index in [1.165, 1.54) is 27.8 Å². The second-order valence-corrected chi connectivity index (χ2v) is 5.63. The molecule has 0 amide bonds. The Morgan fingerprint density at radius 1 is 1.19 bits per heavy atom. The molecule has 0 radical (unpaired) electrons. The van der Waals surface area contributed by atoms with Crippen LogP contribution in [0.1, 0.15) is 23.6 Å². The topological polar surface area (TPSA) is 51.0 Å². The lowest BCUT2D eigenvalue weighted by Crippen LogP contribution is -2.15. The van der Waals surface area contributed by atoms with E-state index in [4.69, 9.17) is 10.5 Å². The number of ether oxygens (including phenoxy) is 1. The van der Waals surface area contributed by atoms with Crippen molar-refractivity contribution >= 4 is 10.9 Å². The average molecular weight is 278 g/mol. The summed E-state index contributed by atoms with van der Waals surface area (Å²) in [6, 6.07) is 14.7. The number of hydrogen-bond acceptors (Lipinski definition) is 2. The number of methoxy groups -OCH3 is 1. The Hall–Kier alpha value is -2.26. The number of hydrogen-bond donors (Lipinski definition) is 2. The zero-order valence-corrected chi connectivity index (χ0v) is 12.0. The molecule has 3 N–H and O–H groups in total. The van der Waals surface area contributed by atoms with Crippen LogP contribution in [0.15, 0.2) is 42.5 Å². The summed E-state index contributed by atoms with van der Waals surface area (Å²) in [5, 5.41) is 1.29. The molecule has 0 bridgehead atoms. The lowest BCUT2D eigenvalue weighted by atomic mass is 9.87. The molecule has 0 spiro atoms. The molecule has 1 atom stereocenters. The van der Waals surface area contributed by atoms with Crippen molar-refractivity contribution < 1.29 is 4.74 Å². The third kappa shape index (κ3) is 1.85. The molecule has 21 heavy (non-hydrogen) atoms. The van der Waals surface area contributed by atoms with Gasteiger partial charge in [-0.15, -0.1) is 0 Å². The zero-order chi connectivity index (χ0) is 14.4. The van der Waals surface area contributed by atoms with Crippen LogP contribution >= 0.6 is 0 Å². The van der Waals surface area contributed by atoms with Crippen LogP contribution < -0.4 is 10.5 Å². The first kappa shape index (κ1) is 12.5. The number of nitrogens with one attached hydrogen (secondary N) is 1. The van der Waals surface area contributed by atoms with Gasteiger partial charge in [0.05, 0.1) is 12.6 Å². The zero-order valence-electron chi connectivity index (χ0n) is 12.0. The Morgan fingerprint density at radius 3 is 2.76 bits per heavy atom. The van der Waals surface area contributed by atoms with Crippen LogP contribution in [-0.2, 0) is 6.42 Å². The number of benzene rings is 2. The Kier molecular flexibility index (Phi) is 2.76. The minimum Gasteiger partial charge on any atom is -0.497 e. The molecule has 4 rings (SSSR count). The molecule has 3 heteroatoms. The lowest BCUT2D eigenvalue weighted by molar-refractivity contribution is 0.414. The molecular formula is C18H18N2O. The largest absolute Gasteiger partial charge is 0.497 e. The highest BCUT2D eigenvalue weighted by molar-refractivity contribution is 5.95. The highest BCUT2D eigenvalue weighted by Gasteiger charge is 2.24. The fourth-order valence-electron chi connectivity index (χ4n) is 3.37. The third-order valence-electron chi connectivity index (χ3n) is 4.41. The maximum Gasteiger partial charge on any atom is 0.121 e. The van der Waals surface area contributed by atoms with Gasteiger partial charge in [0.2, 0.25) is 0 Å². The number of H-pyrrole nitrogens is 1. The molecule has 106 valence electrons. The van der Waals surface area contributed by atoms with Crippen molar-refractivity contribution in [3.63, 3.8) is 0 Å². The molecule has 1 aliphatic carbocycles. The van der Waals surface area contributed by atoms with Crippen LogP contribution in [0.5, 0.6) is 5.75 Å². The Bertz CT molecular complexity index is 805. The minimum atomic E-state index is 0.0922. The first-order valence-corrected chi connectivity index (χ1v) is 7.31. The summed E-state index contributed by atoms with van der Waals surface area (Å²) >= 11 is 0. The molecule has 2 aromatic carbocycles. The third-order valence-corrected chi connectivity index (χ3v) is 4.41. The van der Waals surface area contributed by atoms with Crippen LogP contribution in [0.2, 0.25) is 0 Å². The van der Waals surface area contributed by atoms with E-state index in [2.05, 4.69) is 41.4 Å². The number of aryl methyl sites for hydroxylation is 1. The first-order valence-electron chi connectivity index (χ1n) is 7.31. The van der Waals surface area contributed by atoms with E-state index in [0.29, 0.717) is 0 Å². The fraction of sp³-hybridized carbons (Fsp3) is 0.222. The number of rotatable bonds is 2. The normalized spacial score (nSPS) is 17.1. The predicted molar refractivity (Wildman–Crippen MR) is 85.5 cm³/mol. The summed E-state index contributed by atoms with van der Waals surface area (Å²) in [5.41, 5.74) is 12.4. The van der Waals surface area contributed by atoms with Crippen molar-refractivity contribution in [2.24, 2.45) is 5.73 Å². The van der Waals surface area contributed by atoms with Gasteiger partial charge in [0.15, 0.2) is 0 Å². The standard InChI is InChI=1S/C18H18N2O/c1-21-12-9-14-15(19)8-7-13-17(14)16(10-12)20-18(13)11-5-3-2-4-6-11/h2-6,9-10,15,20H,7-8,19H2,1H3. The molecule has 0 aliphatic heterocycles. The molecule has 1 aliphatic rings. The van der Waals surface area contributed by atoms with Gasteiger partial charge in [0, 0.05) is 23.2 Å². The number of aromatic amines is 1. The monoisotopic (exact) mass is 278 g/mol. The van der Waals surface area contributed by atoms with Gasteiger partial charge in [-0.3, -0.25) is 0 Å². The number of aromatic nitrogens is 1. The van der Waals surface area contributed by atoms with Gasteiger partial charge in [-0.05, 0) is 35.6 Å². The average Bonchev–Trinajstić information content (AvgIpc) is 2.91. The van der Waals surface area contributed by atoms with E-state index >= 15 is 0 Å². The molecule has 3 aromatic rings. The fourth-order valence-corrected chi connectivity index (χ4v) is 3.37.